The molecule has 2 aliphatic carbocycles. The molecular formula is C9H12O2. The molecule has 0 aromatic rings. The van der Waals surface area contributed by atoms with Crippen LogP contribution in [0.4, 0.5) is 0 Å². The lowest BCUT2D eigenvalue weighted by Gasteiger charge is -2.19. The van der Waals surface area contributed by atoms with Crippen LogP contribution in [0.3, 0.4) is 0 Å². The number of ether oxygens (including phenoxy) is 1. The zero-order chi connectivity index (χ0) is 7.42. The van der Waals surface area contributed by atoms with Crippen molar-refractivity contribution in [2.45, 2.75) is 19.3 Å². The summed E-state index contributed by atoms with van der Waals surface area (Å²) in [4.78, 5) is 11.2. The van der Waals surface area contributed by atoms with E-state index in [9.17, 15) is 4.79 Å². The summed E-state index contributed by atoms with van der Waals surface area (Å²) >= 11 is 0. The lowest BCUT2D eigenvalue weighted by molar-refractivity contribution is -0.142. The Labute approximate surface area is 65.9 Å². The fourth-order valence-corrected chi connectivity index (χ4v) is 3.29. The first-order valence-electron chi connectivity index (χ1n) is 4.53. The van der Waals surface area contributed by atoms with Crippen LogP contribution in [0.5, 0.6) is 0 Å². The maximum Gasteiger partial charge on any atom is 0.309 e. The highest BCUT2D eigenvalue weighted by molar-refractivity contribution is 5.75. The van der Waals surface area contributed by atoms with Crippen LogP contribution < -0.4 is 0 Å². The van der Waals surface area contributed by atoms with E-state index in [1.54, 1.807) is 0 Å². The molecule has 1 aliphatic heterocycles. The molecule has 2 heteroatoms. The van der Waals surface area contributed by atoms with Crippen molar-refractivity contribution in [3.05, 3.63) is 0 Å². The quantitative estimate of drug-likeness (QED) is 0.487. The number of fused-ring (bicyclic) bond motifs is 5. The molecule has 0 amide bonds. The summed E-state index contributed by atoms with van der Waals surface area (Å²) < 4.78 is 5.06. The lowest BCUT2D eigenvalue weighted by atomic mass is 9.81. The van der Waals surface area contributed by atoms with E-state index in [1.807, 2.05) is 0 Å². The van der Waals surface area contributed by atoms with Crippen molar-refractivity contribution in [2.75, 3.05) is 6.61 Å². The summed E-state index contributed by atoms with van der Waals surface area (Å²) in [5.41, 5.74) is 0. The normalized spacial score (nSPS) is 52.9. The molecule has 2 bridgehead atoms. The fraction of sp³-hybridized carbons (Fsp3) is 0.889. The Hall–Kier alpha value is -0.530. The predicted octanol–water partition coefficient (Wildman–Crippen LogP) is 1.21. The minimum atomic E-state index is 0.0993. The lowest BCUT2D eigenvalue weighted by Crippen LogP contribution is -2.22. The van der Waals surface area contributed by atoms with Crippen molar-refractivity contribution in [2.24, 2.45) is 23.7 Å². The first-order valence-corrected chi connectivity index (χ1v) is 4.53. The van der Waals surface area contributed by atoms with Gasteiger partial charge in [-0.25, -0.2) is 0 Å². The Balaban J connectivity index is 1.97. The molecule has 2 saturated carbocycles. The number of carbonyl (C=O) groups is 1. The molecule has 11 heavy (non-hydrogen) atoms. The van der Waals surface area contributed by atoms with E-state index in [0.717, 1.165) is 12.5 Å². The molecule has 2 nitrogen and oxygen atoms in total. The summed E-state index contributed by atoms with van der Waals surface area (Å²) in [5, 5.41) is 0. The SMILES string of the molecule is O=C1OC[C@@H]2[C@@H]3CC[C@@H](C3)[C@H]12. The zero-order valence-electron chi connectivity index (χ0n) is 6.45. The molecule has 3 rings (SSSR count). The van der Waals surface area contributed by atoms with Gasteiger partial charge < -0.3 is 4.74 Å². The zero-order valence-corrected chi connectivity index (χ0v) is 6.45. The molecule has 1 heterocycles. The molecule has 1 saturated heterocycles. The predicted molar refractivity (Wildman–Crippen MR) is 38.8 cm³/mol. The number of hydrogen-bond acceptors (Lipinski definition) is 2. The number of cyclic esters (lactones) is 1. The molecule has 3 fully saturated rings. The molecular weight excluding hydrogens is 140 g/mol. The van der Waals surface area contributed by atoms with Gasteiger partial charge in [0.15, 0.2) is 0 Å². The Morgan fingerprint density at radius 1 is 1.27 bits per heavy atom. The second-order valence-corrected chi connectivity index (χ2v) is 4.15. The van der Waals surface area contributed by atoms with Gasteiger partial charge in [0.1, 0.15) is 0 Å². The molecule has 3 aliphatic rings. The van der Waals surface area contributed by atoms with Crippen molar-refractivity contribution in [1.82, 2.24) is 0 Å². The first-order chi connectivity index (χ1) is 5.36. The Kier molecular flexibility index (Phi) is 0.984. The summed E-state index contributed by atoms with van der Waals surface area (Å²) in [6.45, 7) is 0.727. The molecule has 4 atom stereocenters. The molecule has 0 spiro atoms. The van der Waals surface area contributed by atoms with Gasteiger partial charge in [0.05, 0.1) is 12.5 Å². The van der Waals surface area contributed by atoms with Gasteiger partial charge in [0, 0.05) is 5.92 Å². The van der Waals surface area contributed by atoms with E-state index >= 15 is 0 Å². The van der Waals surface area contributed by atoms with Gasteiger partial charge in [0.2, 0.25) is 0 Å². The van der Waals surface area contributed by atoms with Crippen molar-refractivity contribution in [3.63, 3.8) is 0 Å². The van der Waals surface area contributed by atoms with Crippen LogP contribution in [-0.4, -0.2) is 12.6 Å². The first kappa shape index (κ1) is 6.04. The van der Waals surface area contributed by atoms with Gasteiger partial charge in [-0.2, -0.15) is 0 Å². The average Bonchev–Trinajstić information content (AvgIpc) is 2.60. The topological polar surface area (TPSA) is 26.3 Å². The van der Waals surface area contributed by atoms with E-state index in [1.165, 1.54) is 19.3 Å². The van der Waals surface area contributed by atoms with Gasteiger partial charge in [-0.05, 0) is 31.1 Å². The minimum Gasteiger partial charge on any atom is -0.465 e. The highest BCUT2D eigenvalue weighted by Gasteiger charge is 2.54. The molecule has 0 radical (unpaired) electrons. The van der Waals surface area contributed by atoms with Crippen molar-refractivity contribution in [1.29, 1.82) is 0 Å². The van der Waals surface area contributed by atoms with Gasteiger partial charge in [-0.15, -0.1) is 0 Å². The second-order valence-electron chi connectivity index (χ2n) is 4.15. The molecule has 0 aromatic heterocycles. The van der Waals surface area contributed by atoms with Gasteiger partial charge >= 0.3 is 5.97 Å². The van der Waals surface area contributed by atoms with Crippen molar-refractivity contribution in [3.8, 4) is 0 Å². The minimum absolute atomic E-state index is 0.0993. The number of hydrogen-bond donors (Lipinski definition) is 0. The van der Waals surface area contributed by atoms with E-state index < -0.39 is 0 Å². The van der Waals surface area contributed by atoms with E-state index in [-0.39, 0.29) is 5.97 Å². The Morgan fingerprint density at radius 3 is 2.91 bits per heavy atom. The second kappa shape index (κ2) is 1.79. The highest BCUT2D eigenvalue weighted by Crippen LogP contribution is 2.54. The number of esters is 1. The van der Waals surface area contributed by atoms with Crippen LogP contribution >= 0.6 is 0 Å². The molecule has 60 valence electrons. The number of rotatable bonds is 0. The van der Waals surface area contributed by atoms with Crippen LogP contribution in [0.25, 0.3) is 0 Å². The van der Waals surface area contributed by atoms with Crippen LogP contribution in [-0.2, 0) is 9.53 Å². The van der Waals surface area contributed by atoms with Crippen LogP contribution in [0.2, 0.25) is 0 Å². The molecule has 0 N–H and O–H groups in total. The maximum atomic E-state index is 11.2. The maximum absolute atomic E-state index is 11.2. The van der Waals surface area contributed by atoms with Gasteiger partial charge in [-0.1, -0.05) is 0 Å². The third-order valence-corrected chi connectivity index (χ3v) is 3.78. The third kappa shape index (κ3) is 0.608. The van der Waals surface area contributed by atoms with Gasteiger partial charge in [-0.3, -0.25) is 4.79 Å². The Bertz CT molecular complexity index is 212. The van der Waals surface area contributed by atoms with Crippen LogP contribution in [0.15, 0.2) is 0 Å². The summed E-state index contributed by atoms with van der Waals surface area (Å²) in [7, 11) is 0. The summed E-state index contributed by atoms with van der Waals surface area (Å²) in [6, 6.07) is 0. The van der Waals surface area contributed by atoms with E-state index in [4.69, 9.17) is 4.74 Å². The van der Waals surface area contributed by atoms with Gasteiger partial charge in [0.25, 0.3) is 0 Å². The standard InChI is InChI=1S/C9H12O2/c10-9-8-6-2-1-5(3-6)7(8)4-11-9/h5-8H,1-4H2/t5-,6+,7-,8+/m1/s1. The number of carbonyl (C=O) groups excluding carboxylic acids is 1. The molecule has 0 aromatic carbocycles. The van der Waals surface area contributed by atoms with Crippen LogP contribution in [0.1, 0.15) is 19.3 Å². The van der Waals surface area contributed by atoms with Crippen molar-refractivity contribution < 1.29 is 9.53 Å². The highest BCUT2D eigenvalue weighted by atomic mass is 16.5. The fourth-order valence-electron chi connectivity index (χ4n) is 3.29. The van der Waals surface area contributed by atoms with E-state index in [0.29, 0.717) is 17.8 Å². The summed E-state index contributed by atoms with van der Waals surface area (Å²) in [5.74, 6) is 2.55. The molecule has 0 unspecified atom stereocenters. The smallest absolute Gasteiger partial charge is 0.309 e. The van der Waals surface area contributed by atoms with Crippen LogP contribution in [0, 0.1) is 23.7 Å². The summed E-state index contributed by atoms with van der Waals surface area (Å²) in [6.07, 6.45) is 3.94. The largest absolute Gasteiger partial charge is 0.465 e. The third-order valence-electron chi connectivity index (χ3n) is 3.78. The Morgan fingerprint density at radius 2 is 2.09 bits per heavy atom. The monoisotopic (exact) mass is 152 g/mol. The van der Waals surface area contributed by atoms with E-state index in [2.05, 4.69) is 0 Å². The average molecular weight is 152 g/mol. The van der Waals surface area contributed by atoms with Crippen molar-refractivity contribution >= 4 is 5.97 Å².